The number of carbonyl (C=O) groups is 1. The molecule has 2 aliphatic rings. The molecule has 0 radical (unpaired) electrons. The van der Waals surface area contributed by atoms with Crippen molar-refractivity contribution in [1.29, 1.82) is 0 Å². The molecule has 4 nitrogen and oxygen atoms in total. The van der Waals surface area contributed by atoms with Crippen LogP contribution in [0, 0.1) is 11.8 Å². The Labute approximate surface area is 96.6 Å². The molecule has 0 spiro atoms. The molecule has 1 unspecified atom stereocenters. The van der Waals surface area contributed by atoms with Crippen LogP contribution in [0.25, 0.3) is 0 Å². The van der Waals surface area contributed by atoms with Gasteiger partial charge in [-0.1, -0.05) is 0 Å². The molecular formula is C12H21NO3. The second kappa shape index (κ2) is 5.64. The van der Waals surface area contributed by atoms with Gasteiger partial charge in [0.15, 0.2) is 0 Å². The van der Waals surface area contributed by atoms with Crippen molar-refractivity contribution >= 4 is 5.97 Å². The quantitative estimate of drug-likeness (QED) is 0.741. The number of rotatable bonds is 6. The predicted octanol–water partition coefficient (Wildman–Crippen LogP) is 1.21. The highest BCUT2D eigenvalue weighted by Gasteiger charge is 2.27. The van der Waals surface area contributed by atoms with Crippen LogP contribution in [0.5, 0.6) is 0 Å². The Hall–Kier alpha value is -0.610. The smallest absolute Gasteiger partial charge is 0.317 e. The summed E-state index contributed by atoms with van der Waals surface area (Å²) in [6.45, 7) is 3.72. The third-order valence-corrected chi connectivity index (χ3v) is 3.34. The molecule has 0 bridgehead atoms. The van der Waals surface area contributed by atoms with Gasteiger partial charge in [-0.3, -0.25) is 9.69 Å². The minimum Gasteiger partial charge on any atom is -0.480 e. The highest BCUT2D eigenvalue weighted by atomic mass is 16.5. The second-order valence-corrected chi connectivity index (χ2v) is 5.11. The summed E-state index contributed by atoms with van der Waals surface area (Å²) in [5.41, 5.74) is 0. The molecule has 1 aliphatic heterocycles. The van der Waals surface area contributed by atoms with Gasteiger partial charge >= 0.3 is 5.97 Å². The highest BCUT2D eigenvalue weighted by molar-refractivity contribution is 5.69. The summed E-state index contributed by atoms with van der Waals surface area (Å²) >= 11 is 0. The van der Waals surface area contributed by atoms with Gasteiger partial charge in [-0.2, -0.15) is 0 Å². The van der Waals surface area contributed by atoms with E-state index in [4.69, 9.17) is 9.84 Å². The average Bonchev–Trinajstić information content (AvgIpc) is 3.02. The van der Waals surface area contributed by atoms with Crippen molar-refractivity contribution < 1.29 is 14.6 Å². The summed E-state index contributed by atoms with van der Waals surface area (Å²) in [6.07, 6.45) is 4.85. The van der Waals surface area contributed by atoms with Crippen LogP contribution in [0.1, 0.15) is 25.7 Å². The minimum atomic E-state index is -0.711. The van der Waals surface area contributed by atoms with Crippen molar-refractivity contribution in [2.45, 2.75) is 25.7 Å². The molecule has 16 heavy (non-hydrogen) atoms. The van der Waals surface area contributed by atoms with Gasteiger partial charge in [0.05, 0.1) is 13.2 Å². The Balaban J connectivity index is 1.76. The Bertz CT molecular complexity index is 234. The largest absolute Gasteiger partial charge is 0.480 e. The van der Waals surface area contributed by atoms with E-state index in [0.29, 0.717) is 5.92 Å². The highest BCUT2D eigenvalue weighted by Crippen LogP contribution is 2.30. The second-order valence-electron chi connectivity index (χ2n) is 5.11. The summed E-state index contributed by atoms with van der Waals surface area (Å²) in [6, 6.07) is 0. The van der Waals surface area contributed by atoms with Crippen LogP contribution in [-0.2, 0) is 9.53 Å². The van der Waals surface area contributed by atoms with Gasteiger partial charge in [0.1, 0.15) is 0 Å². The van der Waals surface area contributed by atoms with E-state index in [0.717, 1.165) is 38.6 Å². The molecule has 92 valence electrons. The van der Waals surface area contributed by atoms with Crippen LogP contribution in [0.4, 0.5) is 0 Å². The minimum absolute atomic E-state index is 0.188. The molecule has 0 amide bonds. The lowest BCUT2D eigenvalue weighted by Gasteiger charge is -2.28. The molecule has 0 aromatic rings. The van der Waals surface area contributed by atoms with E-state index in [1.54, 1.807) is 0 Å². The maximum absolute atomic E-state index is 10.8. The lowest BCUT2D eigenvalue weighted by Crippen LogP contribution is -2.38. The summed E-state index contributed by atoms with van der Waals surface area (Å²) in [5.74, 6) is 0.577. The van der Waals surface area contributed by atoms with Gasteiger partial charge in [0.25, 0.3) is 0 Å². The zero-order valence-corrected chi connectivity index (χ0v) is 9.73. The standard InChI is InChI=1S/C12H21NO3/c14-12(15)8-13(6-10-3-4-10)7-11-2-1-5-16-9-11/h10-11H,1-9H2,(H,14,15). The molecule has 2 fully saturated rings. The molecule has 1 heterocycles. The van der Waals surface area contributed by atoms with Crippen LogP contribution in [0.2, 0.25) is 0 Å². The van der Waals surface area contributed by atoms with Crippen LogP contribution in [-0.4, -0.2) is 48.8 Å². The normalized spacial score (nSPS) is 25.9. The van der Waals surface area contributed by atoms with Crippen molar-refractivity contribution in [2.24, 2.45) is 11.8 Å². The third-order valence-electron chi connectivity index (χ3n) is 3.34. The first kappa shape index (κ1) is 11.9. The fourth-order valence-electron chi connectivity index (χ4n) is 2.38. The molecule has 4 heteroatoms. The maximum Gasteiger partial charge on any atom is 0.317 e. The Morgan fingerprint density at radius 2 is 2.00 bits per heavy atom. The van der Waals surface area contributed by atoms with Crippen molar-refractivity contribution in [2.75, 3.05) is 32.8 Å². The molecular weight excluding hydrogens is 206 g/mol. The Morgan fingerprint density at radius 3 is 2.56 bits per heavy atom. The molecule has 1 aliphatic carbocycles. The summed E-state index contributed by atoms with van der Waals surface area (Å²) < 4.78 is 5.43. The molecule has 1 saturated carbocycles. The summed E-state index contributed by atoms with van der Waals surface area (Å²) in [5, 5.41) is 8.87. The van der Waals surface area contributed by atoms with Gasteiger partial charge < -0.3 is 9.84 Å². The van der Waals surface area contributed by atoms with E-state index in [9.17, 15) is 4.79 Å². The first-order valence-corrected chi connectivity index (χ1v) is 6.26. The number of hydrogen-bond acceptors (Lipinski definition) is 3. The van der Waals surface area contributed by atoms with E-state index in [1.807, 2.05) is 0 Å². The van der Waals surface area contributed by atoms with Crippen LogP contribution in [0.15, 0.2) is 0 Å². The Kier molecular flexibility index (Phi) is 4.18. The van der Waals surface area contributed by atoms with Crippen molar-refractivity contribution in [1.82, 2.24) is 4.90 Å². The van der Waals surface area contributed by atoms with Crippen LogP contribution >= 0.6 is 0 Å². The van der Waals surface area contributed by atoms with Crippen molar-refractivity contribution in [3.8, 4) is 0 Å². The average molecular weight is 227 g/mol. The number of carboxylic acids is 1. The van der Waals surface area contributed by atoms with Gasteiger partial charge in [-0.15, -0.1) is 0 Å². The zero-order chi connectivity index (χ0) is 11.4. The number of hydrogen-bond donors (Lipinski definition) is 1. The fraction of sp³-hybridized carbons (Fsp3) is 0.917. The van der Waals surface area contributed by atoms with Crippen LogP contribution in [0.3, 0.4) is 0 Å². The first-order valence-electron chi connectivity index (χ1n) is 6.26. The van der Waals surface area contributed by atoms with Gasteiger partial charge in [0.2, 0.25) is 0 Å². The van der Waals surface area contributed by atoms with E-state index < -0.39 is 5.97 Å². The zero-order valence-electron chi connectivity index (χ0n) is 9.73. The summed E-state index contributed by atoms with van der Waals surface area (Å²) in [7, 11) is 0. The first-order chi connectivity index (χ1) is 7.74. The van der Waals surface area contributed by atoms with Gasteiger partial charge in [0, 0.05) is 19.7 Å². The monoisotopic (exact) mass is 227 g/mol. The van der Waals surface area contributed by atoms with Crippen molar-refractivity contribution in [3.05, 3.63) is 0 Å². The topological polar surface area (TPSA) is 49.8 Å². The number of carboxylic acid groups (broad SMARTS) is 1. The molecule has 1 N–H and O–H groups in total. The molecule has 2 rings (SSSR count). The maximum atomic E-state index is 10.8. The predicted molar refractivity (Wildman–Crippen MR) is 60.3 cm³/mol. The van der Waals surface area contributed by atoms with Crippen LogP contribution < -0.4 is 0 Å². The molecule has 1 atom stereocenters. The van der Waals surface area contributed by atoms with Gasteiger partial charge in [-0.05, 0) is 37.5 Å². The fourth-order valence-corrected chi connectivity index (χ4v) is 2.38. The number of ether oxygens (including phenoxy) is 1. The summed E-state index contributed by atoms with van der Waals surface area (Å²) in [4.78, 5) is 12.9. The van der Waals surface area contributed by atoms with E-state index >= 15 is 0 Å². The SMILES string of the molecule is O=C(O)CN(CC1CC1)CC1CCCOC1. The number of aliphatic carboxylic acids is 1. The lowest BCUT2D eigenvalue weighted by atomic mass is 10.0. The molecule has 0 aromatic heterocycles. The molecule has 1 saturated heterocycles. The van der Waals surface area contributed by atoms with E-state index in [1.165, 1.54) is 19.3 Å². The van der Waals surface area contributed by atoms with E-state index in [-0.39, 0.29) is 6.54 Å². The van der Waals surface area contributed by atoms with Gasteiger partial charge in [-0.25, -0.2) is 0 Å². The Morgan fingerprint density at radius 1 is 1.25 bits per heavy atom. The third kappa shape index (κ3) is 4.10. The molecule has 0 aromatic carbocycles. The van der Waals surface area contributed by atoms with E-state index in [2.05, 4.69) is 4.90 Å². The lowest BCUT2D eigenvalue weighted by molar-refractivity contribution is -0.138. The van der Waals surface area contributed by atoms with Crippen molar-refractivity contribution in [3.63, 3.8) is 0 Å². The number of nitrogens with zero attached hydrogens (tertiary/aromatic N) is 1.